The lowest BCUT2D eigenvalue weighted by Gasteiger charge is -2.03. The fourth-order valence-electron chi connectivity index (χ4n) is 2.68. The molecule has 0 saturated carbocycles. The Kier molecular flexibility index (Phi) is 3.06. The first-order chi connectivity index (χ1) is 10.3. The molecule has 0 bridgehead atoms. The van der Waals surface area contributed by atoms with E-state index in [9.17, 15) is 0 Å². The Morgan fingerprint density at radius 2 is 1.57 bits per heavy atom. The van der Waals surface area contributed by atoms with Crippen molar-refractivity contribution in [3.8, 4) is 21.7 Å². The Morgan fingerprint density at radius 1 is 0.810 bits per heavy atom. The van der Waals surface area contributed by atoms with E-state index < -0.39 is 0 Å². The largest absolute Gasteiger partial charge is 0.353 e. The number of para-hydroxylation sites is 1. The molecule has 2 heterocycles. The molecule has 1 nitrogen and oxygen atoms in total. The summed E-state index contributed by atoms with van der Waals surface area (Å²) in [5.74, 6) is 0. The minimum Gasteiger partial charge on any atom is -0.353 e. The van der Waals surface area contributed by atoms with Crippen LogP contribution in [0.3, 0.4) is 0 Å². The third-order valence-electron chi connectivity index (χ3n) is 3.59. The number of fused-ring (bicyclic) bond motifs is 1. The van der Waals surface area contributed by atoms with Crippen LogP contribution in [0, 0.1) is 0 Å². The molecule has 0 aliphatic heterocycles. The highest BCUT2D eigenvalue weighted by Crippen LogP contribution is 2.41. The summed E-state index contributed by atoms with van der Waals surface area (Å²) in [7, 11) is 0. The Labute approximate surface area is 131 Å². The predicted molar refractivity (Wildman–Crippen MR) is 92.1 cm³/mol. The standard InChI is InChI=1S/C18H12ClNS/c19-16-11-10-15(21-16)18-17(12-6-2-1-3-7-12)13-8-4-5-9-14(13)20-18/h1-11,20H. The summed E-state index contributed by atoms with van der Waals surface area (Å²) in [6.07, 6.45) is 0. The van der Waals surface area contributed by atoms with E-state index in [1.165, 1.54) is 16.5 Å². The van der Waals surface area contributed by atoms with E-state index in [1.807, 2.05) is 12.1 Å². The van der Waals surface area contributed by atoms with Crippen LogP contribution in [0.15, 0.2) is 66.7 Å². The third kappa shape index (κ3) is 2.17. The van der Waals surface area contributed by atoms with E-state index in [1.54, 1.807) is 11.3 Å². The van der Waals surface area contributed by atoms with Gasteiger partial charge in [-0.05, 0) is 23.8 Å². The van der Waals surface area contributed by atoms with Crippen molar-refractivity contribution >= 4 is 33.8 Å². The molecule has 4 rings (SSSR count). The first-order valence-electron chi connectivity index (χ1n) is 6.75. The maximum atomic E-state index is 6.11. The Morgan fingerprint density at radius 3 is 2.33 bits per heavy atom. The lowest BCUT2D eigenvalue weighted by molar-refractivity contribution is 1.48. The van der Waals surface area contributed by atoms with Crippen LogP contribution in [0.4, 0.5) is 0 Å². The van der Waals surface area contributed by atoms with E-state index in [0.717, 1.165) is 20.4 Å². The van der Waals surface area contributed by atoms with Gasteiger partial charge in [-0.1, -0.05) is 60.1 Å². The molecule has 2 aromatic heterocycles. The van der Waals surface area contributed by atoms with Crippen molar-refractivity contribution in [2.24, 2.45) is 0 Å². The molecule has 102 valence electrons. The van der Waals surface area contributed by atoms with Crippen LogP contribution >= 0.6 is 22.9 Å². The summed E-state index contributed by atoms with van der Waals surface area (Å²) >= 11 is 7.71. The summed E-state index contributed by atoms with van der Waals surface area (Å²) < 4.78 is 0.808. The number of benzene rings is 2. The Bertz CT molecular complexity index is 905. The first kappa shape index (κ1) is 12.7. The number of nitrogens with one attached hydrogen (secondary N) is 1. The molecule has 0 radical (unpaired) electrons. The van der Waals surface area contributed by atoms with Gasteiger partial charge in [0, 0.05) is 16.5 Å². The third-order valence-corrected chi connectivity index (χ3v) is 4.84. The van der Waals surface area contributed by atoms with Crippen LogP contribution in [0.1, 0.15) is 0 Å². The van der Waals surface area contributed by atoms with Crippen LogP contribution in [0.2, 0.25) is 4.34 Å². The molecule has 0 aliphatic rings. The van der Waals surface area contributed by atoms with E-state index >= 15 is 0 Å². The SMILES string of the molecule is Clc1ccc(-c2[nH]c3ccccc3c2-c2ccccc2)s1. The average molecular weight is 310 g/mol. The van der Waals surface area contributed by atoms with Gasteiger partial charge < -0.3 is 4.98 Å². The van der Waals surface area contributed by atoms with Gasteiger partial charge in [-0.15, -0.1) is 11.3 Å². The highest BCUT2D eigenvalue weighted by molar-refractivity contribution is 7.19. The number of aromatic amines is 1. The van der Waals surface area contributed by atoms with Gasteiger partial charge in [0.1, 0.15) is 0 Å². The van der Waals surface area contributed by atoms with Gasteiger partial charge in [-0.2, -0.15) is 0 Å². The molecule has 0 unspecified atom stereocenters. The Hall–Kier alpha value is -2.03. The minimum atomic E-state index is 0.808. The summed E-state index contributed by atoms with van der Waals surface area (Å²) in [6.45, 7) is 0. The van der Waals surface area contributed by atoms with Gasteiger partial charge in [0.2, 0.25) is 0 Å². The van der Waals surface area contributed by atoms with Gasteiger partial charge in [0.05, 0.1) is 14.9 Å². The normalized spacial score (nSPS) is 11.1. The van der Waals surface area contributed by atoms with Crippen LogP contribution < -0.4 is 0 Å². The zero-order chi connectivity index (χ0) is 14.2. The summed E-state index contributed by atoms with van der Waals surface area (Å²) in [4.78, 5) is 4.71. The maximum absolute atomic E-state index is 6.11. The molecular weight excluding hydrogens is 298 g/mol. The molecule has 0 aliphatic carbocycles. The monoisotopic (exact) mass is 309 g/mol. The van der Waals surface area contributed by atoms with Gasteiger partial charge in [-0.3, -0.25) is 0 Å². The van der Waals surface area contributed by atoms with Crippen molar-refractivity contribution in [1.82, 2.24) is 4.98 Å². The Balaban J connectivity index is 2.06. The van der Waals surface area contributed by atoms with E-state index in [0.29, 0.717) is 0 Å². The predicted octanol–water partition coefficient (Wildman–Crippen LogP) is 6.22. The zero-order valence-corrected chi connectivity index (χ0v) is 12.7. The second-order valence-electron chi connectivity index (χ2n) is 4.89. The first-order valence-corrected chi connectivity index (χ1v) is 7.94. The van der Waals surface area contributed by atoms with Crippen LogP contribution in [-0.4, -0.2) is 4.98 Å². The van der Waals surface area contributed by atoms with Gasteiger partial charge >= 0.3 is 0 Å². The van der Waals surface area contributed by atoms with E-state index in [2.05, 4.69) is 59.6 Å². The van der Waals surface area contributed by atoms with Gasteiger partial charge in [0.15, 0.2) is 0 Å². The summed E-state index contributed by atoms with van der Waals surface area (Å²) in [6, 6.07) is 22.9. The molecule has 0 spiro atoms. The summed E-state index contributed by atoms with van der Waals surface area (Å²) in [5.41, 5.74) is 4.74. The molecule has 3 heteroatoms. The lowest BCUT2D eigenvalue weighted by atomic mass is 10.0. The van der Waals surface area contributed by atoms with E-state index in [-0.39, 0.29) is 0 Å². The van der Waals surface area contributed by atoms with Crippen LogP contribution in [-0.2, 0) is 0 Å². The highest BCUT2D eigenvalue weighted by Gasteiger charge is 2.15. The number of thiophene rings is 1. The zero-order valence-electron chi connectivity index (χ0n) is 11.1. The quantitative estimate of drug-likeness (QED) is 0.452. The second-order valence-corrected chi connectivity index (χ2v) is 6.61. The molecule has 2 aromatic carbocycles. The van der Waals surface area contributed by atoms with Crippen molar-refractivity contribution in [3.63, 3.8) is 0 Å². The van der Waals surface area contributed by atoms with Gasteiger partial charge in [0.25, 0.3) is 0 Å². The van der Waals surface area contributed by atoms with Crippen molar-refractivity contribution in [3.05, 3.63) is 71.1 Å². The van der Waals surface area contributed by atoms with E-state index in [4.69, 9.17) is 11.6 Å². The van der Waals surface area contributed by atoms with Gasteiger partial charge in [-0.25, -0.2) is 0 Å². The number of hydrogen-bond acceptors (Lipinski definition) is 1. The number of H-pyrrole nitrogens is 1. The maximum Gasteiger partial charge on any atom is 0.0935 e. The average Bonchev–Trinajstić information content (AvgIpc) is 3.11. The molecule has 0 saturated heterocycles. The number of hydrogen-bond donors (Lipinski definition) is 1. The number of aromatic nitrogens is 1. The van der Waals surface area contributed by atoms with Crippen LogP contribution in [0.25, 0.3) is 32.6 Å². The fraction of sp³-hybridized carbons (Fsp3) is 0. The second kappa shape index (κ2) is 5.06. The van der Waals surface area contributed by atoms with Crippen molar-refractivity contribution < 1.29 is 0 Å². The van der Waals surface area contributed by atoms with Crippen molar-refractivity contribution in [1.29, 1.82) is 0 Å². The molecular formula is C18H12ClNS. The number of halogens is 1. The summed E-state index contributed by atoms with van der Waals surface area (Å²) in [5, 5.41) is 1.24. The molecule has 0 atom stereocenters. The number of rotatable bonds is 2. The highest BCUT2D eigenvalue weighted by atomic mass is 35.5. The molecule has 0 amide bonds. The van der Waals surface area contributed by atoms with Crippen molar-refractivity contribution in [2.75, 3.05) is 0 Å². The fourth-order valence-corrected chi connectivity index (χ4v) is 3.73. The minimum absolute atomic E-state index is 0.808. The van der Waals surface area contributed by atoms with Crippen LogP contribution in [0.5, 0.6) is 0 Å². The molecule has 0 fully saturated rings. The molecule has 4 aromatic rings. The molecule has 1 N–H and O–H groups in total. The smallest absolute Gasteiger partial charge is 0.0935 e. The topological polar surface area (TPSA) is 15.8 Å². The lowest BCUT2D eigenvalue weighted by Crippen LogP contribution is -1.79. The molecule has 21 heavy (non-hydrogen) atoms. The van der Waals surface area contributed by atoms with Crippen molar-refractivity contribution in [2.45, 2.75) is 0 Å².